The molecule has 28 heavy (non-hydrogen) atoms. The fourth-order valence-electron chi connectivity index (χ4n) is 4.11. The Hall–Kier alpha value is -1.74. The van der Waals surface area contributed by atoms with E-state index in [0.29, 0.717) is 31.4 Å². The number of hydrogen-bond donors (Lipinski definition) is 2. The average Bonchev–Trinajstić information content (AvgIpc) is 3.36. The van der Waals surface area contributed by atoms with Gasteiger partial charge in [0.15, 0.2) is 6.54 Å². The number of nitrogens with zero attached hydrogens (tertiary/aromatic N) is 1. The second kappa shape index (κ2) is 7.94. The van der Waals surface area contributed by atoms with Gasteiger partial charge < -0.3 is 10.2 Å². The van der Waals surface area contributed by atoms with Crippen molar-refractivity contribution in [1.29, 1.82) is 0 Å². The zero-order chi connectivity index (χ0) is 19.7. The zero-order valence-corrected chi connectivity index (χ0v) is 17.6. The molecule has 0 aliphatic carbocycles. The molecule has 1 fully saturated rings. The Balaban J connectivity index is 1.43. The number of thiophene rings is 1. The number of hydrogen-bond acceptors (Lipinski definition) is 4. The first-order valence-corrected chi connectivity index (χ1v) is 12.1. The summed E-state index contributed by atoms with van der Waals surface area (Å²) in [6.45, 7) is 4.61. The van der Waals surface area contributed by atoms with Gasteiger partial charge in [-0.2, -0.15) is 4.31 Å². The molecular formula is C20H26N3O3S2+. The molecule has 1 aromatic heterocycles. The summed E-state index contributed by atoms with van der Waals surface area (Å²) in [5.74, 6) is -0.0868. The monoisotopic (exact) mass is 420 g/mol. The molecule has 3 heterocycles. The van der Waals surface area contributed by atoms with Gasteiger partial charge in [0.05, 0.1) is 11.4 Å². The molecule has 1 saturated heterocycles. The van der Waals surface area contributed by atoms with Crippen molar-refractivity contribution in [2.75, 3.05) is 31.5 Å². The lowest BCUT2D eigenvalue weighted by Gasteiger charge is -2.29. The summed E-state index contributed by atoms with van der Waals surface area (Å²) >= 11 is 1.79. The molecule has 8 heteroatoms. The molecule has 0 spiro atoms. The molecule has 2 N–H and O–H groups in total. The maximum absolute atomic E-state index is 12.7. The molecule has 2 aliphatic rings. The highest BCUT2D eigenvalue weighted by molar-refractivity contribution is 7.89. The van der Waals surface area contributed by atoms with E-state index in [1.54, 1.807) is 35.6 Å². The number of rotatable bonds is 5. The Morgan fingerprint density at radius 1 is 1.29 bits per heavy atom. The molecule has 4 rings (SSSR count). The first-order valence-electron chi connectivity index (χ1n) is 9.76. The van der Waals surface area contributed by atoms with Crippen molar-refractivity contribution in [3.63, 3.8) is 0 Å². The Morgan fingerprint density at radius 3 is 2.86 bits per heavy atom. The lowest BCUT2D eigenvalue weighted by atomic mass is 10.0. The Morgan fingerprint density at radius 2 is 2.07 bits per heavy atom. The smallest absolute Gasteiger partial charge is 0.279 e. The first kappa shape index (κ1) is 19.6. The number of anilines is 1. The van der Waals surface area contributed by atoms with E-state index in [1.165, 1.54) is 19.6 Å². The van der Waals surface area contributed by atoms with Crippen molar-refractivity contribution < 1.29 is 18.1 Å². The Kier molecular flexibility index (Phi) is 5.55. The number of sulfonamides is 1. The number of amides is 1. The Bertz CT molecular complexity index is 965. The van der Waals surface area contributed by atoms with E-state index in [9.17, 15) is 13.2 Å². The molecular weight excluding hydrogens is 394 g/mol. The maximum atomic E-state index is 12.7. The average molecular weight is 421 g/mol. The highest BCUT2D eigenvalue weighted by Crippen LogP contribution is 2.25. The van der Waals surface area contributed by atoms with Crippen LogP contribution in [0.15, 0.2) is 40.6 Å². The van der Waals surface area contributed by atoms with Crippen molar-refractivity contribution in [3.05, 3.63) is 46.2 Å². The summed E-state index contributed by atoms with van der Waals surface area (Å²) in [6, 6.07) is 9.05. The van der Waals surface area contributed by atoms with Crippen LogP contribution in [0.4, 0.5) is 5.69 Å². The third-order valence-electron chi connectivity index (χ3n) is 5.74. The van der Waals surface area contributed by atoms with Crippen LogP contribution in [0.5, 0.6) is 0 Å². The van der Waals surface area contributed by atoms with Crippen LogP contribution < -0.4 is 10.2 Å². The van der Waals surface area contributed by atoms with Gasteiger partial charge in [-0.1, -0.05) is 6.07 Å². The second-order valence-electron chi connectivity index (χ2n) is 7.54. The second-order valence-corrected chi connectivity index (χ2v) is 10.5. The van der Waals surface area contributed by atoms with Gasteiger partial charge in [-0.25, -0.2) is 8.42 Å². The lowest BCUT2D eigenvalue weighted by Crippen LogP contribution is -3.14. The molecule has 1 unspecified atom stereocenters. The predicted octanol–water partition coefficient (Wildman–Crippen LogP) is 1.67. The number of quaternary nitrogens is 1. The number of carbonyl (C=O) groups excluding carboxylic acids is 1. The number of nitrogens with one attached hydrogen (secondary N) is 2. The largest absolute Gasteiger partial charge is 0.321 e. The van der Waals surface area contributed by atoms with E-state index < -0.39 is 10.0 Å². The van der Waals surface area contributed by atoms with Gasteiger partial charge in [0, 0.05) is 35.6 Å². The van der Waals surface area contributed by atoms with E-state index in [0.717, 1.165) is 25.8 Å². The van der Waals surface area contributed by atoms with Crippen LogP contribution in [0.1, 0.15) is 36.2 Å². The zero-order valence-electron chi connectivity index (χ0n) is 16.0. The lowest BCUT2D eigenvalue weighted by molar-refractivity contribution is -0.923. The molecule has 0 saturated carbocycles. The van der Waals surface area contributed by atoms with Gasteiger partial charge in [-0.3, -0.25) is 4.79 Å². The van der Waals surface area contributed by atoms with Gasteiger partial charge in [-0.05, 0) is 49.4 Å². The minimum Gasteiger partial charge on any atom is -0.321 e. The SMILES string of the molecule is C[C@@H]1c2ccsc2CC[NH+]1CC(=O)Nc1cccc(S(=O)(=O)N2CCCC2)c1. The summed E-state index contributed by atoms with van der Waals surface area (Å²) in [7, 11) is -3.48. The highest BCUT2D eigenvalue weighted by atomic mass is 32.2. The molecule has 0 bridgehead atoms. The number of benzene rings is 1. The molecule has 0 radical (unpaired) electrons. The molecule has 6 nitrogen and oxygen atoms in total. The molecule has 1 aromatic carbocycles. The van der Waals surface area contributed by atoms with Crippen molar-refractivity contribution >= 4 is 33.0 Å². The van der Waals surface area contributed by atoms with Crippen molar-refractivity contribution in [3.8, 4) is 0 Å². The number of fused-ring (bicyclic) bond motifs is 1. The van der Waals surface area contributed by atoms with Crippen LogP contribution in [0, 0.1) is 0 Å². The number of carbonyl (C=O) groups is 1. The summed E-state index contributed by atoms with van der Waals surface area (Å²) in [5, 5.41) is 5.01. The molecule has 1 amide bonds. The van der Waals surface area contributed by atoms with Crippen LogP contribution >= 0.6 is 11.3 Å². The normalized spacial score (nSPS) is 22.8. The first-order chi connectivity index (χ1) is 13.4. The summed E-state index contributed by atoms with van der Waals surface area (Å²) < 4.78 is 27.0. The van der Waals surface area contributed by atoms with Crippen LogP contribution in [0.25, 0.3) is 0 Å². The van der Waals surface area contributed by atoms with Gasteiger partial charge in [0.2, 0.25) is 10.0 Å². The summed E-state index contributed by atoms with van der Waals surface area (Å²) in [5.41, 5.74) is 1.88. The van der Waals surface area contributed by atoms with Crippen LogP contribution in [-0.4, -0.2) is 44.8 Å². The molecule has 2 aliphatic heterocycles. The van der Waals surface area contributed by atoms with Crippen LogP contribution in [0.2, 0.25) is 0 Å². The topological polar surface area (TPSA) is 70.9 Å². The maximum Gasteiger partial charge on any atom is 0.279 e. The summed E-state index contributed by atoms with van der Waals surface area (Å²) in [4.78, 5) is 15.5. The van der Waals surface area contributed by atoms with Crippen LogP contribution in [0.3, 0.4) is 0 Å². The third-order valence-corrected chi connectivity index (χ3v) is 8.63. The fourth-order valence-corrected chi connectivity index (χ4v) is 6.66. The van der Waals surface area contributed by atoms with Crippen molar-refractivity contribution in [2.24, 2.45) is 0 Å². The van der Waals surface area contributed by atoms with Crippen LogP contribution in [-0.2, 0) is 21.2 Å². The van der Waals surface area contributed by atoms with Crippen molar-refractivity contribution in [1.82, 2.24) is 4.31 Å². The highest BCUT2D eigenvalue weighted by Gasteiger charge is 2.30. The van der Waals surface area contributed by atoms with E-state index in [-0.39, 0.29) is 10.8 Å². The van der Waals surface area contributed by atoms with E-state index in [1.807, 2.05) is 0 Å². The van der Waals surface area contributed by atoms with Crippen molar-refractivity contribution in [2.45, 2.75) is 37.1 Å². The fraction of sp³-hybridized carbons (Fsp3) is 0.450. The van der Waals surface area contributed by atoms with Gasteiger partial charge in [-0.15, -0.1) is 11.3 Å². The van der Waals surface area contributed by atoms with E-state index >= 15 is 0 Å². The quantitative estimate of drug-likeness (QED) is 0.773. The molecule has 150 valence electrons. The van der Waals surface area contributed by atoms with Gasteiger partial charge in [0.1, 0.15) is 6.04 Å². The van der Waals surface area contributed by atoms with Gasteiger partial charge in [0.25, 0.3) is 5.91 Å². The standard InChI is InChI=1S/C20H25N3O3S2/c1-15-18-8-12-27-19(18)7-11-22(15)14-20(24)21-16-5-4-6-17(13-16)28(25,26)23-9-2-3-10-23/h4-6,8,12-13,15H,2-3,7,9-11,14H2,1H3,(H,21,24)/p+1/t15-/m1/s1. The summed E-state index contributed by atoms with van der Waals surface area (Å²) in [6.07, 6.45) is 2.81. The third kappa shape index (κ3) is 3.87. The Labute approximate surface area is 170 Å². The minimum absolute atomic E-state index is 0.0868. The van der Waals surface area contributed by atoms with E-state index in [4.69, 9.17) is 0 Å². The molecule has 2 aromatic rings. The molecule has 2 atom stereocenters. The minimum atomic E-state index is -3.48. The van der Waals surface area contributed by atoms with Gasteiger partial charge >= 0.3 is 0 Å². The predicted molar refractivity (Wildman–Crippen MR) is 110 cm³/mol. The van der Waals surface area contributed by atoms with E-state index in [2.05, 4.69) is 23.7 Å².